The number of amides is 2. The summed E-state index contributed by atoms with van der Waals surface area (Å²) in [6.45, 7) is 4.66. The molecule has 1 aromatic carbocycles. The van der Waals surface area contributed by atoms with Crippen molar-refractivity contribution in [2.75, 3.05) is 11.6 Å². The molecule has 160 valence electrons. The molecule has 1 aliphatic heterocycles. The van der Waals surface area contributed by atoms with E-state index < -0.39 is 0 Å². The largest absolute Gasteiger partial charge is 0.418 e. The summed E-state index contributed by atoms with van der Waals surface area (Å²) in [5.41, 5.74) is 2.03. The van der Waals surface area contributed by atoms with Gasteiger partial charge in [-0.1, -0.05) is 25.1 Å². The Morgan fingerprint density at radius 2 is 2.10 bits per heavy atom. The SMILES string of the molecule is CCCN(Cc1nnc(-c2cccs2)o1)C(=O)C1=NN(c2cccc(C)c2)C(=O)CC1. The molecular formula is C22H23N5O3S. The molecule has 2 amide bonds. The summed E-state index contributed by atoms with van der Waals surface area (Å²) in [7, 11) is 0. The fraction of sp³-hybridized carbons (Fsp3) is 0.318. The van der Waals surface area contributed by atoms with Crippen LogP contribution in [0, 0.1) is 6.92 Å². The van der Waals surface area contributed by atoms with Crippen molar-refractivity contribution in [3.05, 3.63) is 53.2 Å². The van der Waals surface area contributed by atoms with Crippen LogP contribution in [0.15, 0.2) is 51.3 Å². The minimum absolute atomic E-state index is 0.123. The number of aromatic nitrogens is 2. The lowest BCUT2D eigenvalue weighted by Crippen LogP contribution is -2.41. The third-order valence-electron chi connectivity index (χ3n) is 4.83. The van der Waals surface area contributed by atoms with E-state index in [0.717, 1.165) is 16.9 Å². The Bertz CT molecular complexity index is 1110. The van der Waals surface area contributed by atoms with Gasteiger partial charge in [-0.3, -0.25) is 9.59 Å². The van der Waals surface area contributed by atoms with Gasteiger partial charge in [-0.2, -0.15) is 5.10 Å². The lowest BCUT2D eigenvalue weighted by Gasteiger charge is -2.26. The number of benzene rings is 1. The summed E-state index contributed by atoms with van der Waals surface area (Å²) < 4.78 is 5.75. The number of hydrazone groups is 1. The number of thiophene rings is 1. The van der Waals surface area contributed by atoms with Crippen LogP contribution in [0.5, 0.6) is 0 Å². The molecule has 0 bridgehead atoms. The van der Waals surface area contributed by atoms with Crippen LogP contribution >= 0.6 is 11.3 Å². The van der Waals surface area contributed by atoms with Crippen LogP contribution in [0.3, 0.4) is 0 Å². The number of anilines is 1. The van der Waals surface area contributed by atoms with Crippen LogP contribution in [0.2, 0.25) is 0 Å². The summed E-state index contributed by atoms with van der Waals surface area (Å²) in [5, 5.41) is 15.9. The Morgan fingerprint density at radius 1 is 1.23 bits per heavy atom. The first kappa shape index (κ1) is 20.9. The highest BCUT2D eigenvalue weighted by Crippen LogP contribution is 2.24. The summed E-state index contributed by atoms with van der Waals surface area (Å²) in [6, 6.07) is 11.3. The monoisotopic (exact) mass is 437 g/mol. The zero-order valence-corrected chi connectivity index (χ0v) is 18.3. The van der Waals surface area contributed by atoms with Crippen LogP contribution in [0.25, 0.3) is 10.8 Å². The first-order valence-electron chi connectivity index (χ1n) is 10.2. The van der Waals surface area contributed by atoms with E-state index in [0.29, 0.717) is 36.1 Å². The van der Waals surface area contributed by atoms with Crippen LogP contribution in [0.1, 0.15) is 37.6 Å². The van der Waals surface area contributed by atoms with Crippen molar-refractivity contribution in [3.63, 3.8) is 0 Å². The van der Waals surface area contributed by atoms with E-state index in [2.05, 4.69) is 15.3 Å². The molecule has 0 N–H and O–H groups in total. The number of hydrogen-bond acceptors (Lipinski definition) is 7. The molecule has 4 rings (SSSR count). The maximum Gasteiger partial charge on any atom is 0.270 e. The normalized spacial score (nSPS) is 13.9. The Labute approximate surface area is 184 Å². The first-order chi connectivity index (χ1) is 15.0. The van der Waals surface area contributed by atoms with Crippen LogP contribution < -0.4 is 5.01 Å². The van der Waals surface area contributed by atoms with Gasteiger partial charge in [0.25, 0.3) is 11.8 Å². The molecule has 0 radical (unpaired) electrons. The van der Waals surface area contributed by atoms with Crippen LogP contribution in [0.4, 0.5) is 5.69 Å². The van der Waals surface area contributed by atoms with Crippen molar-refractivity contribution in [3.8, 4) is 10.8 Å². The number of rotatable bonds is 7. The van der Waals surface area contributed by atoms with Crippen molar-refractivity contribution in [1.82, 2.24) is 15.1 Å². The Hall–Kier alpha value is -3.33. The first-order valence-corrected chi connectivity index (χ1v) is 11.1. The van der Waals surface area contributed by atoms with E-state index in [1.807, 2.05) is 55.6 Å². The van der Waals surface area contributed by atoms with Gasteiger partial charge in [0.1, 0.15) is 5.71 Å². The molecule has 2 aromatic heterocycles. The maximum atomic E-state index is 13.2. The van der Waals surface area contributed by atoms with Gasteiger partial charge < -0.3 is 9.32 Å². The molecule has 3 heterocycles. The second-order valence-electron chi connectivity index (χ2n) is 7.30. The highest BCUT2D eigenvalue weighted by molar-refractivity contribution is 7.13. The molecule has 3 aromatic rings. The summed E-state index contributed by atoms with van der Waals surface area (Å²) >= 11 is 1.51. The number of carbonyl (C=O) groups is 2. The van der Waals surface area contributed by atoms with E-state index in [4.69, 9.17) is 4.42 Å². The lowest BCUT2D eigenvalue weighted by atomic mass is 10.1. The van der Waals surface area contributed by atoms with Gasteiger partial charge in [0.05, 0.1) is 17.1 Å². The average molecular weight is 438 g/mol. The quantitative estimate of drug-likeness (QED) is 0.556. The standard InChI is InChI=1S/C22H23N5O3S/c1-3-11-26(14-19-23-24-21(30-19)18-8-5-12-31-18)22(29)17-9-10-20(28)27(25-17)16-7-4-6-15(2)13-16/h4-8,12-13H,3,9-11,14H2,1-2H3. The number of carbonyl (C=O) groups excluding carboxylic acids is 2. The van der Waals surface area contributed by atoms with Gasteiger partial charge in [-0.15, -0.1) is 21.5 Å². The van der Waals surface area contributed by atoms with Gasteiger partial charge in [0, 0.05) is 19.4 Å². The molecule has 8 nitrogen and oxygen atoms in total. The molecular weight excluding hydrogens is 414 g/mol. The Kier molecular flexibility index (Phi) is 6.22. The van der Waals surface area contributed by atoms with E-state index in [1.54, 1.807) is 4.90 Å². The highest BCUT2D eigenvalue weighted by Gasteiger charge is 2.29. The zero-order valence-electron chi connectivity index (χ0n) is 17.4. The average Bonchev–Trinajstić information content (AvgIpc) is 3.45. The molecule has 0 saturated carbocycles. The molecule has 0 unspecified atom stereocenters. The molecule has 0 atom stereocenters. The molecule has 0 aliphatic carbocycles. The van der Waals surface area contributed by atoms with E-state index in [9.17, 15) is 9.59 Å². The Morgan fingerprint density at radius 3 is 2.84 bits per heavy atom. The predicted octanol–water partition coefficient (Wildman–Crippen LogP) is 4.03. The minimum Gasteiger partial charge on any atom is -0.418 e. The van der Waals surface area contributed by atoms with Crippen LogP contribution in [-0.4, -0.2) is 39.2 Å². The van der Waals surface area contributed by atoms with E-state index in [1.165, 1.54) is 16.3 Å². The van der Waals surface area contributed by atoms with Crippen molar-refractivity contribution >= 4 is 34.6 Å². The topological polar surface area (TPSA) is 91.9 Å². The zero-order chi connectivity index (χ0) is 21.8. The van der Waals surface area contributed by atoms with E-state index >= 15 is 0 Å². The predicted molar refractivity (Wildman–Crippen MR) is 119 cm³/mol. The smallest absolute Gasteiger partial charge is 0.270 e. The highest BCUT2D eigenvalue weighted by atomic mass is 32.1. The van der Waals surface area contributed by atoms with Gasteiger partial charge in [0.15, 0.2) is 0 Å². The molecule has 0 saturated heterocycles. The van der Waals surface area contributed by atoms with Crippen LogP contribution in [-0.2, 0) is 16.1 Å². The molecule has 1 aliphatic rings. The minimum atomic E-state index is -0.220. The number of nitrogens with zero attached hydrogens (tertiary/aromatic N) is 5. The Balaban J connectivity index is 1.54. The molecule has 0 fully saturated rings. The van der Waals surface area contributed by atoms with Crippen molar-refractivity contribution in [2.45, 2.75) is 39.7 Å². The van der Waals surface area contributed by atoms with Gasteiger partial charge in [0.2, 0.25) is 11.8 Å². The lowest BCUT2D eigenvalue weighted by molar-refractivity contribution is -0.125. The maximum absolute atomic E-state index is 13.2. The molecule has 9 heteroatoms. The van der Waals surface area contributed by atoms with Gasteiger partial charge in [-0.25, -0.2) is 5.01 Å². The van der Waals surface area contributed by atoms with Gasteiger partial charge >= 0.3 is 0 Å². The van der Waals surface area contributed by atoms with Crippen molar-refractivity contribution < 1.29 is 14.0 Å². The second-order valence-corrected chi connectivity index (χ2v) is 8.24. The number of hydrogen-bond donors (Lipinski definition) is 0. The number of aryl methyl sites for hydroxylation is 1. The second kappa shape index (κ2) is 9.22. The third-order valence-corrected chi connectivity index (χ3v) is 5.69. The molecule has 31 heavy (non-hydrogen) atoms. The molecule has 0 spiro atoms. The fourth-order valence-corrected chi connectivity index (χ4v) is 4.00. The van der Waals surface area contributed by atoms with Crippen molar-refractivity contribution in [1.29, 1.82) is 0 Å². The summed E-state index contributed by atoms with van der Waals surface area (Å²) in [4.78, 5) is 28.2. The van der Waals surface area contributed by atoms with Crippen molar-refractivity contribution in [2.24, 2.45) is 5.10 Å². The van der Waals surface area contributed by atoms with Gasteiger partial charge in [-0.05, 0) is 42.5 Å². The summed E-state index contributed by atoms with van der Waals surface area (Å²) in [5.74, 6) is 0.470. The fourth-order valence-electron chi connectivity index (χ4n) is 3.35. The summed E-state index contributed by atoms with van der Waals surface area (Å²) in [6.07, 6.45) is 1.32. The third kappa shape index (κ3) is 4.72. The van der Waals surface area contributed by atoms with E-state index in [-0.39, 0.29) is 24.8 Å².